The molecule has 3 aliphatic rings. The van der Waals surface area contributed by atoms with E-state index in [0.29, 0.717) is 12.8 Å². The smallest absolute Gasteiger partial charge is 0.231 e. The summed E-state index contributed by atoms with van der Waals surface area (Å²) in [6.45, 7) is 2.91. The number of benzene rings is 1. The molecule has 2 aliphatic heterocycles. The van der Waals surface area contributed by atoms with E-state index >= 15 is 0 Å². The fourth-order valence-electron chi connectivity index (χ4n) is 3.85. The molecule has 2 fully saturated rings. The molecule has 26 heavy (non-hydrogen) atoms. The molecule has 1 saturated carbocycles. The number of rotatable bonds is 6. The quantitative estimate of drug-likeness (QED) is 0.768. The van der Waals surface area contributed by atoms with E-state index < -0.39 is 0 Å². The Kier molecular flexibility index (Phi) is 4.35. The summed E-state index contributed by atoms with van der Waals surface area (Å²) in [6.07, 6.45) is 6.12. The van der Waals surface area contributed by atoms with Gasteiger partial charge in [-0.1, -0.05) is 6.07 Å². The number of ether oxygens (including phenoxy) is 3. The Labute approximate surface area is 153 Å². The van der Waals surface area contributed by atoms with Crippen molar-refractivity contribution in [2.24, 2.45) is 0 Å². The molecule has 5 nitrogen and oxygen atoms in total. The van der Waals surface area contributed by atoms with Crippen LogP contribution in [0.2, 0.25) is 0 Å². The first-order valence-corrected chi connectivity index (χ1v) is 9.68. The molecular formula is C21H25NO4. The molecule has 138 valence electrons. The number of hydrogen-bond donors (Lipinski definition) is 0. The summed E-state index contributed by atoms with van der Waals surface area (Å²) >= 11 is 0. The van der Waals surface area contributed by atoms with Gasteiger partial charge in [0, 0.05) is 19.2 Å². The predicted molar refractivity (Wildman–Crippen MR) is 96.1 cm³/mol. The molecule has 1 unspecified atom stereocenters. The normalized spacial score (nSPS) is 22.1. The molecule has 0 bridgehead atoms. The van der Waals surface area contributed by atoms with Gasteiger partial charge in [-0.05, 0) is 61.9 Å². The Hall–Kier alpha value is -1.98. The highest BCUT2D eigenvalue weighted by atomic mass is 16.7. The van der Waals surface area contributed by atoms with Gasteiger partial charge in [0.2, 0.25) is 6.79 Å². The van der Waals surface area contributed by atoms with Crippen LogP contribution < -0.4 is 9.47 Å². The molecule has 1 aromatic heterocycles. The Bertz CT molecular complexity index is 761. The number of nitrogens with zero attached hydrogens (tertiary/aromatic N) is 1. The molecule has 2 aromatic rings. The van der Waals surface area contributed by atoms with Crippen molar-refractivity contribution < 1.29 is 18.6 Å². The molecule has 0 spiro atoms. The molecule has 1 saturated heterocycles. The summed E-state index contributed by atoms with van der Waals surface area (Å²) in [5.74, 6) is 3.71. The van der Waals surface area contributed by atoms with Gasteiger partial charge in [0.1, 0.15) is 17.6 Å². The molecule has 3 heterocycles. The van der Waals surface area contributed by atoms with Crippen LogP contribution in [0, 0.1) is 0 Å². The van der Waals surface area contributed by atoms with Crippen LogP contribution >= 0.6 is 0 Å². The van der Waals surface area contributed by atoms with Gasteiger partial charge in [0.25, 0.3) is 0 Å². The Morgan fingerprint density at radius 3 is 2.69 bits per heavy atom. The van der Waals surface area contributed by atoms with Gasteiger partial charge < -0.3 is 18.6 Å². The summed E-state index contributed by atoms with van der Waals surface area (Å²) in [5.41, 5.74) is 1.25. The predicted octanol–water partition coefficient (Wildman–Crippen LogP) is 4.41. The average molecular weight is 355 g/mol. The molecule has 1 aliphatic carbocycles. The fourth-order valence-corrected chi connectivity index (χ4v) is 3.85. The van der Waals surface area contributed by atoms with Gasteiger partial charge in [-0.2, -0.15) is 0 Å². The van der Waals surface area contributed by atoms with Crippen LogP contribution in [-0.4, -0.2) is 24.3 Å². The fraction of sp³-hybridized carbons (Fsp3) is 0.524. The molecule has 1 aromatic carbocycles. The van der Waals surface area contributed by atoms with Gasteiger partial charge in [-0.25, -0.2) is 0 Å². The van der Waals surface area contributed by atoms with Crippen LogP contribution in [0.3, 0.4) is 0 Å². The Morgan fingerprint density at radius 1 is 0.923 bits per heavy atom. The zero-order valence-corrected chi connectivity index (χ0v) is 15.0. The lowest BCUT2D eigenvalue weighted by Gasteiger charge is -2.22. The third-order valence-electron chi connectivity index (χ3n) is 5.42. The zero-order chi connectivity index (χ0) is 17.3. The second-order valence-corrected chi connectivity index (χ2v) is 7.48. The van der Waals surface area contributed by atoms with Crippen molar-refractivity contribution in [2.45, 2.75) is 57.3 Å². The lowest BCUT2D eigenvalue weighted by molar-refractivity contribution is 0.000785. The maximum atomic E-state index is 6.13. The Morgan fingerprint density at radius 2 is 1.85 bits per heavy atom. The monoisotopic (exact) mass is 355 g/mol. The first kappa shape index (κ1) is 16.2. The molecule has 0 amide bonds. The SMILES string of the molecule is c1cc2c(cc1CN(Cc1ccc(C3CCCCO3)o1)C1CC1)OCO2. The minimum atomic E-state index is 0.140. The highest BCUT2D eigenvalue weighted by molar-refractivity contribution is 5.44. The zero-order valence-electron chi connectivity index (χ0n) is 15.0. The van der Waals surface area contributed by atoms with E-state index in [9.17, 15) is 0 Å². The highest BCUT2D eigenvalue weighted by Crippen LogP contribution is 2.35. The molecule has 5 rings (SSSR count). The second kappa shape index (κ2) is 6.97. The van der Waals surface area contributed by atoms with E-state index in [0.717, 1.165) is 55.6 Å². The van der Waals surface area contributed by atoms with E-state index in [1.165, 1.54) is 24.8 Å². The van der Waals surface area contributed by atoms with Crippen molar-refractivity contribution in [2.75, 3.05) is 13.4 Å². The van der Waals surface area contributed by atoms with Crippen LogP contribution in [0.1, 0.15) is 55.3 Å². The van der Waals surface area contributed by atoms with Crippen LogP contribution in [0.25, 0.3) is 0 Å². The lowest BCUT2D eigenvalue weighted by Crippen LogP contribution is -2.24. The third-order valence-corrected chi connectivity index (χ3v) is 5.42. The van der Waals surface area contributed by atoms with Crippen molar-refractivity contribution in [1.29, 1.82) is 0 Å². The standard InChI is InChI=1S/C21H25NO4/c1-2-10-23-18(3-1)20-9-7-17(26-20)13-22(16-5-6-16)12-15-4-8-19-21(11-15)25-14-24-19/h4,7-9,11,16,18H,1-3,5-6,10,12-14H2. The topological polar surface area (TPSA) is 44.1 Å². The van der Waals surface area contributed by atoms with E-state index in [1.807, 2.05) is 6.07 Å². The maximum absolute atomic E-state index is 6.13. The van der Waals surface area contributed by atoms with Crippen LogP contribution in [0.4, 0.5) is 0 Å². The van der Waals surface area contributed by atoms with E-state index in [2.05, 4.69) is 29.2 Å². The van der Waals surface area contributed by atoms with E-state index in [-0.39, 0.29) is 6.10 Å². The summed E-state index contributed by atoms with van der Waals surface area (Å²) in [4.78, 5) is 2.50. The first-order chi connectivity index (χ1) is 12.8. The largest absolute Gasteiger partial charge is 0.462 e. The molecule has 1 atom stereocenters. The molecule has 0 N–H and O–H groups in total. The van der Waals surface area contributed by atoms with Crippen molar-refractivity contribution in [3.8, 4) is 11.5 Å². The van der Waals surface area contributed by atoms with Crippen LogP contribution in [-0.2, 0) is 17.8 Å². The van der Waals surface area contributed by atoms with Crippen LogP contribution in [0.5, 0.6) is 11.5 Å². The third kappa shape index (κ3) is 3.46. The van der Waals surface area contributed by atoms with E-state index in [1.54, 1.807) is 0 Å². The maximum Gasteiger partial charge on any atom is 0.231 e. The molecule has 5 heteroatoms. The van der Waals surface area contributed by atoms with Crippen LogP contribution in [0.15, 0.2) is 34.7 Å². The second-order valence-electron chi connectivity index (χ2n) is 7.48. The van der Waals surface area contributed by atoms with Crippen molar-refractivity contribution in [3.05, 3.63) is 47.4 Å². The first-order valence-electron chi connectivity index (χ1n) is 9.68. The van der Waals surface area contributed by atoms with Gasteiger partial charge in [-0.3, -0.25) is 4.90 Å². The summed E-state index contributed by atoms with van der Waals surface area (Å²) in [7, 11) is 0. The molecular weight excluding hydrogens is 330 g/mol. The minimum Gasteiger partial charge on any atom is -0.462 e. The minimum absolute atomic E-state index is 0.140. The van der Waals surface area contributed by atoms with Crippen molar-refractivity contribution >= 4 is 0 Å². The van der Waals surface area contributed by atoms with Crippen molar-refractivity contribution in [1.82, 2.24) is 4.90 Å². The highest BCUT2D eigenvalue weighted by Gasteiger charge is 2.30. The van der Waals surface area contributed by atoms with Gasteiger partial charge in [0.05, 0.1) is 6.54 Å². The lowest BCUT2D eigenvalue weighted by atomic mass is 10.1. The number of hydrogen-bond acceptors (Lipinski definition) is 5. The summed E-state index contributed by atoms with van der Waals surface area (Å²) in [6, 6.07) is 11.1. The van der Waals surface area contributed by atoms with Crippen molar-refractivity contribution in [3.63, 3.8) is 0 Å². The van der Waals surface area contributed by atoms with Gasteiger partial charge in [-0.15, -0.1) is 0 Å². The average Bonchev–Trinajstić information content (AvgIpc) is 3.24. The van der Waals surface area contributed by atoms with Gasteiger partial charge in [0.15, 0.2) is 11.5 Å². The number of fused-ring (bicyclic) bond motifs is 1. The molecule has 0 radical (unpaired) electrons. The van der Waals surface area contributed by atoms with Gasteiger partial charge >= 0.3 is 0 Å². The van der Waals surface area contributed by atoms with E-state index in [4.69, 9.17) is 18.6 Å². The summed E-state index contributed by atoms with van der Waals surface area (Å²) < 4.78 is 22.9. The Balaban J connectivity index is 1.27. The summed E-state index contributed by atoms with van der Waals surface area (Å²) in [5, 5.41) is 0. The number of furan rings is 1.